The Hall–Kier alpha value is -1.73. The largest absolute Gasteiger partial charge is 0.384 e. The zero-order valence-corrected chi connectivity index (χ0v) is 11.9. The van der Waals surface area contributed by atoms with E-state index in [1.807, 2.05) is 18.2 Å². The second-order valence-corrected chi connectivity index (χ2v) is 4.72. The average molecular weight is 325 g/mol. The number of fused-ring (bicyclic) bond motifs is 1. The standard InChI is InChI=1S/C12H13BrN4O2/c1-19-5-4-11(18)16-17-12-9-6-8(13)2-3-10(9)14-7-15-12/h2-3,6-7H,4-5H2,1H3,(H,16,18)(H,14,15,17). The third kappa shape index (κ3) is 3.62. The van der Waals surface area contributed by atoms with E-state index in [1.165, 1.54) is 6.33 Å². The van der Waals surface area contributed by atoms with E-state index in [1.54, 1.807) is 7.11 Å². The van der Waals surface area contributed by atoms with Crippen molar-refractivity contribution in [2.75, 3.05) is 19.1 Å². The van der Waals surface area contributed by atoms with Crippen LogP contribution < -0.4 is 10.9 Å². The predicted octanol–water partition coefficient (Wildman–Crippen LogP) is 1.87. The highest BCUT2D eigenvalue weighted by molar-refractivity contribution is 9.10. The number of methoxy groups -OCH3 is 1. The van der Waals surface area contributed by atoms with E-state index in [9.17, 15) is 4.79 Å². The van der Waals surface area contributed by atoms with Gasteiger partial charge in [-0.2, -0.15) is 0 Å². The number of ether oxygens (including phenoxy) is 1. The maximum Gasteiger partial charge on any atom is 0.240 e. The van der Waals surface area contributed by atoms with Gasteiger partial charge in [0.25, 0.3) is 0 Å². The Morgan fingerprint density at radius 2 is 2.26 bits per heavy atom. The van der Waals surface area contributed by atoms with Gasteiger partial charge in [0.05, 0.1) is 18.5 Å². The number of carbonyl (C=O) groups is 1. The maximum absolute atomic E-state index is 11.5. The zero-order chi connectivity index (χ0) is 13.7. The summed E-state index contributed by atoms with van der Waals surface area (Å²) >= 11 is 3.39. The van der Waals surface area contributed by atoms with Gasteiger partial charge in [-0.15, -0.1) is 0 Å². The SMILES string of the molecule is COCCC(=O)NNc1ncnc2ccc(Br)cc12. The van der Waals surface area contributed by atoms with Crippen LogP contribution in [0.15, 0.2) is 29.0 Å². The van der Waals surface area contributed by atoms with Gasteiger partial charge in [0.15, 0.2) is 5.82 Å². The summed E-state index contributed by atoms with van der Waals surface area (Å²) in [5, 5.41) is 0.823. The van der Waals surface area contributed by atoms with Crippen LogP contribution in [0.3, 0.4) is 0 Å². The molecule has 1 aromatic carbocycles. The fourth-order valence-electron chi connectivity index (χ4n) is 1.51. The number of halogens is 1. The lowest BCUT2D eigenvalue weighted by Gasteiger charge is -2.09. The summed E-state index contributed by atoms with van der Waals surface area (Å²) in [7, 11) is 1.55. The van der Waals surface area contributed by atoms with Crippen molar-refractivity contribution < 1.29 is 9.53 Å². The number of carbonyl (C=O) groups excluding carboxylic acids is 1. The van der Waals surface area contributed by atoms with Crippen molar-refractivity contribution in [2.45, 2.75) is 6.42 Å². The fraction of sp³-hybridized carbons (Fsp3) is 0.250. The molecule has 0 atom stereocenters. The molecule has 2 aromatic rings. The van der Waals surface area contributed by atoms with E-state index >= 15 is 0 Å². The van der Waals surface area contributed by atoms with E-state index in [-0.39, 0.29) is 12.3 Å². The van der Waals surface area contributed by atoms with Crippen molar-refractivity contribution >= 4 is 38.6 Å². The fourth-order valence-corrected chi connectivity index (χ4v) is 1.88. The topological polar surface area (TPSA) is 76.1 Å². The number of anilines is 1. The minimum absolute atomic E-state index is 0.163. The minimum Gasteiger partial charge on any atom is -0.384 e. The minimum atomic E-state index is -0.163. The van der Waals surface area contributed by atoms with Gasteiger partial charge >= 0.3 is 0 Å². The molecule has 0 fully saturated rings. The molecule has 0 bridgehead atoms. The summed E-state index contributed by atoms with van der Waals surface area (Å²) in [5.74, 6) is 0.390. The summed E-state index contributed by atoms with van der Waals surface area (Å²) in [6.45, 7) is 0.379. The van der Waals surface area contributed by atoms with Crippen molar-refractivity contribution in [3.8, 4) is 0 Å². The van der Waals surface area contributed by atoms with Crippen LogP contribution in [-0.2, 0) is 9.53 Å². The van der Waals surface area contributed by atoms with Gasteiger partial charge in [-0.05, 0) is 18.2 Å². The van der Waals surface area contributed by atoms with Crippen molar-refractivity contribution in [3.05, 3.63) is 29.0 Å². The molecule has 7 heteroatoms. The first-order valence-electron chi connectivity index (χ1n) is 5.65. The zero-order valence-electron chi connectivity index (χ0n) is 10.3. The number of nitrogens with zero attached hydrogens (tertiary/aromatic N) is 2. The number of amides is 1. The van der Waals surface area contributed by atoms with Gasteiger partial charge in [-0.25, -0.2) is 9.97 Å². The average Bonchev–Trinajstić information content (AvgIpc) is 2.42. The third-order valence-electron chi connectivity index (χ3n) is 2.45. The number of benzene rings is 1. The smallest absolute Gasteiger partial charge is 0.240 e. The molecule has 2 rings (SSSR count). The van der Waals surface area contributed by atoms with Crippen LogP contribution in [0.25, 0.3) is 10.9 Å². The van der Waals surface area contributed by atoms with Crippen molar-refractivity contribution in [1.82, 2.24) is 15.4 Å². The van der Waals surface area contributed by atoms with Crippen LogP contribution in [0.1, 0.15) is 6.42 Å². The highest BCUT2D eigenvalue weighted by atomic mass is 79.9. The van der Waals surface area contributed by atoms with Crippen LogP contribution >= 0.6 is 15.9 Å². The van der Waals surface area contributed by atoms with Crippen LogP contribution in [0, 0.1) is 0 Å². The Labute approximate surface area is 118 Å². The molecule has 0 aliphatic carbocycles. The number of hydrogen-bond donors (Lipinski definition) is 2. The molecule has 1 heterocycles. The number of hydrogen-bond acceptors (Lipinski definition) is 5. The normalized spacial score (nSPS) is 10.4. The highest BCUT2D eigenvalue weighted by Crippen LogP contribution is 2.22. The summed E-state index contributed by atoms with van der Waals surface area (Å²) in [6.07, 6.45) is 1.73. The lowest BCUT2D eigenvalue weighted by Crippen LogP contribution is -2.30. The summed E-state index contributed by atoms with van der Waals surface area (Å²) in [6, 6.07) is 5.66. The number of hydrazine groups is 1. The molecule has 0 saturated carbocycles. The van der Waals surface area contributed by atoms with Gasteiger partial charge < -0.3 is 4.74 Å². The van der Waals surface area contributed by atoms with Crippen LogP contribution in [-0.4, -0.2) is 29.6 Å². The molecule has 1 aromatic heterocycles. The molecular weight excluding hydrogens is 312 g/mol. The summed E-state index contributed by atoms with van der Waals surface area (Å²) in [5.41, 5.74) is 6.17. The van der Waals surface area contributed by atoms with Crippen molar-refractivity contribution in [2.24, 2.45) is 0 Å². The number of rotatable bonds is 5. The molecule has 0 spiro atoms. The predicted molar refractivity (Wildman–Crippen MR) is 75.5 cm³/mol. The first-order valence-corrected chi connectivity index (χ1v) is 6.44. The van der Waals surface area contributed by atoms with Gasteiger partial charge in [0.2, 0.25) is 5.91 Å². The highest BCUT2D eigenvalue weighted by Gasteiger charge is 2.05. The molecular formula is C12H13BrN4O2. The molecule has 0 saturated heterocycles. The Morgan fingerprint density at radius 3 is 3.05 bits per heavy atom. The Morgan fingerprint density at radius 1 is 1.42 bits per heavy atom. The number of aromatic nitrogens is 2. The molecule has 1 amide bonds. The van der Waals surface area contributed by atoms with E-state index in [0.717, 1.165) is 15.4 Å². The van der Waals surface area contributed by atoms with Crippen LogP contribution in [0.4, 0.5) is 5.82 Å². The van der Waals surface area contributed by atoms with Gasteiger partial charge in [0.1, 0.15) is 6.33 Å². The second-order valence-electron chi connectivity index (χ2n) is 3.80. The molecule has 0 aliphatic rings. The first-order chi connectivity index (χ1) is 9.20. The van der Waals surface area contributed by atoms with Gasteiger partial charge in [-0.1, -0.05) is 15.9 Å². The van der Waals surface area contributed by atoms with Gasteiger partial charge in [-0.3, -0.25) is 15.6 Å². The third-order valence-corrected chi connectivity index (χ3v) is 2.94. The van der Waals surface area contributed by atoms with E-state index in [2.05, 4.69) is 36.7 Å². The molecule has 0 unspecified atom stereocenters. The molecule has 2 N–H and O–H groups in total. The quantitative estimate of drug-likeness (QED) is 0.821. The van der Waals surface area contributed by atoms with Crippen LogP contribution in [0.5, 0.6) is 0 Å². The summed E-state index contributed by atoms with van der Waals surface area (Å²) < 4.78 is 5.75. The lowest BCUT2D eigenvalue weighted by atomic mass is 10.2. The molecule has 0 radical (unpaired) electrons. The van der Waals surface area contributed by atoms with Crippen molar-refractivity contribution in [1.29, 1.82) is 0 Å². The molecule has 0 aliphatic heterocycles. The summed E-state index contributed by atoms with van der Waals surface area (Å²) in [4.78, 5) is 19.7. The van der Waals surface area contributed by atoms with E-state index in [0.29, 0.717) is 12.4 Å². The van der Waals surface area contributed by atoms with E-state index in [4.69, 9.17) is 4.74 Å². The Balaban J connectivity index is 2.12. The van der Waals surface area contributed by atoms with Crippen LogP contribution in [0.2, 0.25) is 0 Å². The molecule has 6 nitrogen and oxygen atoms in total. The Kier molecular flexibility index (Phi) is 4.64. The van der Waals surface area contributed by atoms with Crippen molar-refractivity contribution in [3.63, 3.8) is 0 Å². The van der Waals surface area contributed by atoms with Gasteiger partial charge in [0, 0.05) is 17.0 Å². The monoisotopic (exact) mass is 324 g/mol. The molecule has 19 heavy (non-hydrogen) atoms. The molecule has 100 valence electrons. The first kappa shape index (κ1) is 13.7. The second kappa shape index (κ2) is 6.44. The van der Waals surface area contributed by atoms with E-state index < -0.39 is 0 Å². The Bertz CT molecular complexity index is 591. The maximum atomic E-state index is 11.5. The number of nitrogens with one attached hydrogen (secondary N) is 2. The lowest BCUT2D eigenvalue weighted by molar-refractivity contribution is -0.121.